The molecule has 6 nitrogen and oxygen atoms in total. The number of carbonyl (C=O) groups is 1. The number of nitrogens with zero attached hydrogens (tertiary/aromatic N) is 4. The third-order valence-corrected chi connectivity index (χ3v) is 9.41. The Morgan fingerprint density at radius 3 is 2.79 bits per heavy atom. The molecular formula is C23H34N4O2. The number of aliphatic hydroxyl groups is 1. The van der Waals surface area contributed by atoms with Crippen molar-refractivity contribution in [1.82, 2.24) is 20.2 Å². The van der Waals surface area contributed by atoms with Crippen LogP contribution in [0.5, 0.6) is 0 Å². The van der Waals surface area contributed by atoms with Crippen LogP contribution in [0.1, 0.15) is 72.1 Å². The van der Waals surface area contributed by atoms with Crippen LogP contribution in [-0.2, 0) is 11.3 Å². The van der Waals surface area contributed by atoms with E-state index in [4.69, 9.17) is 0 Å². The summed E-state index contributed by atoms with van der Waals surface area (Å²) in [7, 11) is 0. The molecule has 7 atom stereocenters. The lowest BCUT2D eigenvalue weighted by atomic mass is 9.47. The molecule has 3 saturated carbocycles. The first-order valence-electron chi connectivity index (χ1n) is 11.4. The van der Waals surface area contributed by atoms with Gasteiger partial charge in [0.2, 0.25) is 0 Å². The van der Waals surface area contributed by atoms with Crippen molar-refractivity contribution in [3.05, 3.63) is 18.0 Å². The summed E-state index contributed by atoms with van der Waals surface area (Å²) in [5, 5.41) is 21.9. The lowest BCUT2D eigenvalue weighted by Gasteiger charge is -2.58. The van der Waals surface area contributed by atoms with Crippen molar-refractivity contribution < 1.29 is 9.90 Å². The van der Waals surface area contributed by atoms with E-state index in [-0.39, 0.29) is 29.1 Å². The molecule has 6 heteroatoms. The first kappa shape index (κ1) is 19.4. The average molecular weight is 399 g/mol. The zero-order chi connectivity index (χ0) is 20.4. The SMILES string of the molecule is C[C@@]1(O)CC[C@]2(C)C3=CC[C@@]4(C)C(CC[C@@H]4C(=O)Cn4cnnn4)[C@@H]3CC[C@@H]2C1. The summed E-state index contributed by atoms with van der Waals surface area (Å²) < 4.78 is 1.56. The number of fused-ring (bicyclic) bond motifs is 5. The molecule has 0 saturated heterocycles. The van der Waals surface area contributed by atoms with E-state index in [1.54, 1.807) is 10.3 Å². The van der Waals surface area contributed by atoms with Gasteiger partial charge in [-0.1, -0.05) is 25.5 Å². The third-order valence-electron chi connectivity index (χ3n) is 9.41. The summed E-state index contributed by atoms with van der Waals surface area (Å²) in [6, 6.07) is 0. The fourth-order valence-electron chi connectivity index (χ4n) is 7.75. The molecule has 0 bridgehead atoms. The minimum atomic E-state index is -0.498. The van der Waals surface area contributed by atoms with Gasteiger partial charge in [-0.15, -0.1) is 5.10 Å². The summed E-state index contributed by atoms with van der Waals surface area (Å²) in [4.78, 5) is 13.1. The fourth-order valence-corrected chi connectivity index (χ4v) is 7.75. The molecule has 1 N–H and O–H groups in total. The summed E-state index contributed by atoms with van der Waals surface area (Å²) in [5.74, 6) is 2.20. The lowest BCUT2D eigenvalue weighted by molar-refractivity contribution is -0.128. The van der Waals surface area contributed by atoms with Crippen LogP contribution >= 0.6 is 0 Å². The molecule has 1 aromatic heterocycles. The van der Waals surface area contributed by atoms with Gasteiger partial charge in [-0.05, 0) is 97.3 Å². The van der Waals surface area contributed by atoms with Crippen LogP contribution in [0.3, 0.4) is 0 Å². The Bertz CT molecular complexity index is 832. The van der Waals surface area contributed by atoms with E-state index < -0.39 is 5.60 Å². The minimum absolute atomic E-state index is 0.0582. The molecule has 158 valence electrons. The number of ketones is 1. The van der Waals surface area contributed by atoms with Crippen LogP contribution < -0.4 is 0 Å². The van der Waals surface area contributed by atoms with Crippen molar-refractivity contribution in [2.24, 2.45) is 34.5 Å². The Morgan fingerprint density at radius 2 is 2.03 bits per heavy atom. The van der Waals surface area contributed by atoms with Gasteiger partial charge in [-0.2, -0.15) is 0 Å². The van der Waals surface area contributed by atoms with E-state index >= 15 is 0 Å². The van der Waals surface area contributed by atoms with Gasteiger partial charge in [0.05, 0.1) is 5.60 Å². The molecule has 0 radical (unpaired) electrons. The number of Topliss-reactive ketones (excluding diaryl/α,β-unsaturated/α-hetero) is 1. The molecule has 4 aliphatic rings. The van der Waals surface area contributed by atoms with Crippen LogP contribution in [0.2, 0.25) is 0 Å². The molecule has 0 aliphatic heterocycles. The Labute approximate surface area is 173 Å². The largest absolute Gasteiger partial charge is 0.390 e. The van der Waals surface area contributed by atoms with Gasteiger partial charge < -0.3 is 5.11 Å². The van der Waals surface area contributed by atoms with Crippen molar-refractivity contribution in [2.75, 3.05) is 0 Å². The van der Waals surface area contributed by atoms with Gasteiger partial charge >= 0.3 is 0 Å². The van der Waals surface area contributed by atoms with Crippen molar-refractivity contribution in [3.63, 3.8) is 0 Å². The van der Waals surface area contributed by atoms with Crippen molar-refractivity contribution in [1.29, 1.82) is 0 Å². The highest BCUT2D eigenvalue weighted by atomic mass is 16.3. The second kappa shape index (κ2) is 6.47. The van der Waals surface area contributed by atoms with E-state index in [0.717, 1.165) is 38.5 Å². The average Bonchev–Trinajstić information content (AvgIpc) is 3.29. The van der Waals surface area contributed by atoms with E-state index in [1.807, 2.05) is 6.92 Å². The highest BCUT2D eigenvalue weighted by molar-refractivity contribution is 5.82. The van der Waals surface area contributed by atoms with Crippen molar-refractivity contribution in [3.8, 4) is 0 Å². The maximum Gasteiger partial charge on any atom is 0.158 e. The monoisotopic (exact) mass is 398 g/mol. The van der Waals surface area contributed by atoms with E-state index in [9.17, 15) is 9.90 Å². The quantitative estimate of drug-likeness (QED) is 0.787. The summed E-state index contributed by atoms with van der Waals surface area (Å²) in [6.07, 6.45) is 12.6. The van der Waals surface area contributed by atoms with Crippen LogP contribution in [0.25, 0.3) is 0 Å². The maximum atomic E-state index is 13.1. The van der Waals surface area contributed by atoms with Crippen LogP contribution in [-0.4, -0.2) is 36.7 Å². The fraction of sp³-hybridized carbons (Fsp3) is 0.826. The number of rotatable bonds is 3. The highest BCUT2D eigenvalue weighted by Gasteiger charge is 2.59. The third kappa shape index (κ3) is 2.93. The molecule has 1 aromatic rings. The molecule has 29 heavy (non-hydrogen) atoms. The Hall–Kier alpha value is -1.56. The van der Waals surface area contributed by atoms with Crippen molar-refractivity contribution in [2.45, 2.75) is 84.3 Å². The molecule has 3 fully saturated rings. The lowest BCUT2D eigenvalue weighted by Crippen LogP contribution is -2.51. The molecule has 5 rings (SSSR count). The number of carbonyl (C=O) groups excluding carboxylic acids is 1. The van der Waals surface area contributed by atoms with Gasteiger partial charge in [0.25, 0.3) is 0 Å². The second-order valence-electron chi connectivity index (χ2n) is 11.1. The Kier molecular flexibility index (Phi) is 4.33. The molecule has 0 amide bonds. The van der Waals surface area contributed by atoms with E-state index in [1.165, 1.54) is 19.2 Å². The topological polar surface area (TPSA) is 80.9 Å². The maximum absolute atomic E-state index is 13.1. The van der Waals surface area contributed by atoms with Gasteiger partial charge in [-0.25, -0.2) is 4.68 Å². The van der Waals surface area contributed by atoms with Gasteiger partial charge in [-0.3, -0.25) is 4.79 Å². The number of hydrogen-bond donors (Lipinski definition) is 1. The Morgan fingerprint density at radius 1 is 1.21 bits per heavy atom. The minimum Gasteiger partial charge on any atom is -0.390 e. The van der Waals surface area contributed by atoms with Crippen molar-refractivity contribution >= 4 is 5.78 Å². The molecule has 1 unspecified atom stereocenters. The standard InChI is InChI=1S/C23H34N4O2/c1-21(29)10-11-22(2)15(12-21)4-5-16-17-6-7-19(23(17,3)9-8-18(16)22)20(28)13-27-14-24-25-26-27/h8,14-17,19,29H,4-7,9-13H2,1-3H3/t15-,16+,17?,19-,21-,22+,23+/m1/s1. The predicted octanol–water partition coefficient (Wildman–Crippen LogP) is 3.57. The van der Waals surface area contributed by atoms with Gasteiger partial charge in [0.1, 0.15) is 12.9 Å². The predicted molar refractivity (Wildman–Crippen MR) is 109 cm³/mol. The first-order chi connectivity index (χ1) is 13.7. The zero-order valence-corrected chi connectivity index (χ0v) is 18.0. The Balaban J connectivity index is 1.40. The first-order valence-corrected chi connectivity index (χ1v) is 11.4. The molecular weight excluding hydrogens is 364 g/mol. The zero-order valence-electron chi connectivity index (χ0n) is 18.0. The molecule has 1 heterocycles. The number of tetrazole rings is 1. The second-order valence-corrected chi connectivity index (χ2v) is 11.1. The van der Waals surface area contributed by atoms with E-state index in [0.29, 0.717) is 17.8 Å². The summed E-state index contributed by atoms with van der Waals surface area (Å²) in [6.45, 7) is 7.13. The smallest absolute Gasteiger partial charge is 0.158 e. The van der Waals surface area contributed by atoms with Crippen LogP contribution in [0.15, 0.2) is 18.0 Å². The van der Waals surface area contributed by atoms with Crippen LogP contribution in [0.4, 0.5) is 0 Å². The molecule has 0 spiro atoms. The summed E-state index contributed by atoms with van der Waals surface area (Å²) >= 11 is 0. The van der Waals surface area contributed by atoms with Gasteiger partial charge in [0, 0.05) is 5.92 Å². The highest BCUT2D eigenvalue weighted by Crippen LogP contribution is 2.66. The summed E-state index contributed by atoms with van der Waals surface area (Å²) in [5.41, 5.74) is 1.46. The normalized spacial score (nSPS) is 46.4. The number of hydrogen-bond acceptors (Lipinski definition) is 5. The molecule has 4 aliphatic carbocycles. The molecule has 0 aromatic carbocycles. The van der Waals surface area contributed by atoms with E-state index in [2.05, 4.69) is 35.4 Å². The number of aromatic nitrogens is 4. The van der Waals surface area contributed by atoms with Gasteiger partial charge in [0.15, 0.2) is 5.78 Å². The number of allylic oxidation sites excluding steroid dienone is 2. The van der Waals surface area contributed by atoms with Crippen LogP contribution in [0, 0.1) is 34.5 Å².